The average Bonchev–Trinajstić information content (AvgIpc) is 3.06. The zero-order valence-corrected chi connectivity index (χ0v) is 14.9. The first-order valence-electron chi connectivity index (χ1n) is 9.27. The molecule has 0 fully saturated rings. The van der Waals surface area contributed by atoms with Crippen molar-refractivity contribution in [1.29, 1.82) is 0 Å². The second-order valence-corrected chi connectivity index (χ2v) is 6.40. The second-order valence-electron chi connectivity index (χ2n) is 6.40. The molecule has 0 aliphatic heterocycles. The number of nitrogens with zero attached hydrogens (tertiary/aromatic N) is 2. The van der Waals surface area contributed by atoms with Crippen LogP contribution in [-0.2, 0) is 12.8 Å². The molecule has 5 heteroatoms. The fourth-order valence-corrected chi connectivity index (χ4v) is 3.22. The molecule has 24 heavy (non-hydrogen) atoms. The summed E-state index contributed by atoms with van der Waals surface area (Å²) in [7, 11) is 0. The molecule has 0 atom stereocenters. The highest BCUT2D eigenvalue weighted by Gasteiger charge is 2.19. The molecule has 0 unspecified atom stereocenters. The Hall–Kier alpha value is -1.91. The molecule has 0 aliphatic carbocycles. The van der Waals surface area contributed by atoms with Crippen molar-refractivity contribution in [2.45, 2.75) is 78.1 Å². The first-order valence-corrected chi connectivity index (χ1v) is 9.27. The summed E-state index contributed by atoms with van der Waals surface area (Å²) in [5.74, 6) is -0.954. The van der Waals surface area contributed by atoms with Crippen molar-refractivity contribution in [1.82, 2.24) is 15.0 Å². The number of aryl methyl sites for hydroxylation is 2. The third-order valence-electron chi connectivity index (χ3n) is 4.56. The smallest absolute Gasteiger partial charge is 0.354 e. The maximum atomic E-state index is 11.6. The SMILES string of the molecule is CCCCCCCCCCc1c(C(=O)O)nc(CC)c2[nH]cnc12. The van der Waals surface area contributed by atoms with Gasteiger partial charge in [0.2, 0.25) is 0 Å². The second kappa shape index (κ2) is 9.40. The number of aromatic nitrogens is 3. The number of aromatic carboxylic acids is 1. The van der Waals surface area contributed by atoms with Crippen LogP contribution in [0, 0.1) is 0 Å². The Balaban J connectivity index is 1.99. The third kappa shape index (κ3) is 4.56. The Morgan fingerprint density at radius 2 is 1.75 bits per heavy atom. The molecule has 0 spiro atoms. The van der Waals surface area contributed by atoms with Crippen molar-refractivity contribution in [3.05, 3.63) is 23.3 Å². The number of H-pyrrole nitrogens is 1. The number of rotatable bonds is 11. The highest BCUT2D eigenvalue weighted by Crippen LogP contribution is 2.24. The Morgan fingerprint density at radius 3 is 2.38 bits per heavy atom. The van der Waals surface area contributed by atoms with Gasteiger partial charge in [-0.05, 0) is 19.3 Å². The summed E-state index contributed by atoms with van der Waals surface area (Å²) in [5, 5.41) is 9.51. The number of aromatic amines is 1. The van der Waals surface area contributed by atoms with E-state index in [0.29, 0.717) is 6.42 Å². The van der Waals surface area contributed by atoms with Gasteiger partial charge in [-0.2, -0.15) is 0 Å². The number of hydrogen-bond donors (Lipinski definition) is 2. The molecule has 2 N–H and O–H groups in total. The van der Waals surface area contributed by atoms with Crippen LogP contribution in [0.5, 0.6) is 0 Å². The van der Waals surface area contributed by atoms with Crippen LogP contribution in [-0.4, -0.2) is 26.0 Å². The van der Waals surface area contributed by atoms with Gasteiger partial charge in [-0.1, -0.05) is 58.8 Å². The molecule has 0 bridgehead atoms. The number of unbranched alkanes of at least 4 members (excludes halogenated alkanes) is 7. The maximum Gasteiger partial charge on any atom is 0.354 e. The lowest BCUT2D eigenvalue weighted by Crippen LogP contribution is -2.09. The first kappa shape index (κ1) is 18.4. The van der Waals surface area contributed by atoms with E-state index in [1.807, 2.05) is 6.92 Å². The predicted octanol–water partition coefficient (Wildman–Crippen LogP) is 4.90. The minimum absolute atomic E-state index is 0.175. The van der Waals surface area contributed by atoms with Crippen molar-refractivity contribution in [2.24, 2.45) is 0 Å². The molecule has 132 valence electrons. The molecule has 5 nitrogen and oxygen atoms in total. The molecule has 2 aromatic heterocycles. The van der Waals surface area contributed by atoms with Crippen molar-refractivity contribution in [2.75, 3.05) is 0 Å². The van der Waals surface area contributed by atoms with Gasteiger partial charge in [-0.3, -0.25) is 0 Å². The van der Waals surface area contributed by atoms with Gasteiger partial charge in [-0.15, -0.1) is 0 Å². The number of carboxylic acids is 1. The lowest BCUT2D eigenvalue weighted by Gasteiger charge is -2.09. The van der Waals surface area contributed by atoms with E-state index in [0.717, 1.165) is 41.6 Å². The molecule has 0 radical (unpaired) electrons. The average molecular weight is 331 g/mol. The van der Waals surface area contributed by atoms with Crippen molar-refractivity contribution < 1.29 is 9.90 Å². The van der Waals surface area contributed by atoms with Gasteiger partial charge in [0.25, 0.3) is 0 Å². The highest BCUT2D eigenvalue weighted by atomic mass is 16.4. The molecule has 0 saturated carbocycles. The van der Waals surface area contributed by atoms with E-state index in [1.165, 1.54) is 38.5 Å². The van der Waals surface area contributed by atoms with Gasteiger partial charge in [0.1, 0.15) is 0 Å². The number of fused-ring (bicyclic) bond motifs is 1. The summed E-state index contributed by atoms with van der Waals surface area (Å²) in [6.45, 7) is 4.21. The summed E-state index contributed by atoms with van der Waals surface area (Å²) in [6.07, 6.45) is 12.9. The fraction of sp³-hybridized carbons (Fsp3) is 0.632. The van der Waals surface area contributed by atoms with Gasteiger partial charge in [0, 0.05) is 5.56 Å². The Bertz CT molecular complexity index is 664. The molecule has 2 aromatic rings. The zero-order chi connectivity index (χ0) is 17.4. The molecule has 0 amide bonds. The third-order valence-corrected chi connectivity index (χ3v) is 4.56. The maximum absolute atomic E-state index is 11.6. The minimum atomic E-state index is -0.954. The van der Waals surface area contributed by atoms with Crippen LogP contribution in [0.3, 0.4) is 0 Å². The highest BCUT2D eigenvalue weighted by molar-refractivity contribution is 5.94. The predicted molar refractivity (Wildman–Crippen MR) is 96.5 cm³/mol. The van der Waals surface area contributed by atoms with E-state index in [-0.39, 0.29) is 5.69 Å². The number of hydrogen-bond acceptors (Lipinski definition) is 3. The lowest BCUT2D eigenvalue weighted by molar-refractivity contribution is 0.0689. The molecule has 0 aliphatic rings. The van der Waals surface area contributed by atoms with Crippen LogP contribution >= 0.6 is 0 Å². The fourth-order valence-electron chi connectivity index (χ4n) is 3.22. The standard InChI is InChI=1S/C19H29N3O2/c1-3-5-6-7-8-9-10-11-12-14-16-18(21-13-20-16)15(4-2)22-17(14)19(23)24/h13H,3-12H2,1-2H3,(H,20,21)(H,23,24). The van der Waals surface area contributed by atoms with Crippen LogP contribution < -0.4 is 0 Å². The molecule has 0 saturated heterocycles. The van der Waals surface area contributed by atoms with Crippen molar-refractivity contribution in [3.8, 4) is 0 Å². The number of imidazole rings is 1. The van der Waals surface area contributed by atoms with Gasteiger partial charge in [-0.25, -0.2) is 14.8 Å². The monoisotopic (exact) mass is 331 g/mol. The Kier molecular flexibility index (Phi) is 7.22. The van der Waals surface area contributed by atoms with E-state index in [9.17, 15) is 9.90 Å². The van der Waals surface area contributed by atoms with E-state index < -0.39 is 5.97 Å². The minimum Gasteiger partial charge on any atom is -0.477 e. The lowest BCUT2D eigenvalue weighted by atomic mass is 10.0. The Labute approximate surface area is 143 Å². The van der Waals surface area contributed by atoms with Crippen LogP contribution in [0.25, 0.3) is 11.0 Å². The van der Waals surface area contributed by atoms with Crippen molar-refractivity contribution in [3.63, 3.8) is 0 Å². The van der Waals surface area contributed by atoms with Gasteiger partial charge in [0.05, 0.1) is 23.1 Å². The quantitative estimate of drug-likeness (QED) is 0.574. The molecular formula is C19H29N3O2. The number of carbonyl (C=O) groups is 1. The van der Waals surface area contributed by atoms with Gasteiger partial charge in [0.15, 0.2) is 5.69 Å². The summed E-state index contributed by atoms with van der Waals surface area (Å²) in [5.41, 5.74) is 3.40. The van der Waals surface area contributed by atoms with E-state index in [1.54, 1.807) is 6.33 Å². The normalized spacial score (nSPS) is 11.2. The van der Waals surface area contributed by atoms with E-state index in [2.05, 4.69) is 21.9 Å². The summed E-state index contributed by atoms with van der Waals surface area (Å²) < 4.78 is 0. The van der Waals surface area contributed by atoms with E-state index >= 15 is 0 Å². The van der Waals surface area contributed by atoms with Crippen LogP contribution in [0.2, 0.25) is 0 Å². The molecular weight excluding hydrogens is 302 g/mol. The number of nitrogens with one attached hydrogen (secondary N) is 1. The number of carboxylic acid groups (broad SMARTS) is 1. The molecule has 2 rings (SSSR count). The Morgan fingerprint density at radius 1 is 1.08 bits per heavy atom. The topological polar surface area (TPSA) is 78.9 Å². The number of pyridine rings is 1. The molecule has 0 aromatic carbocycles. The van der Waals surface area contributed by atoms with Crippen LogP contribution in [0.4, 0.5) is 0 Å². The zero-order valence-electron chi connectivity index (χ0n) is 14.9. The van der Waals surface area contributed by atoms with Gasteiger partial charge < -0.3 is 10.1 Å². The first-order chi connectivity index (χ1) is 11.7. The van der Waals surface area contributed by atoms with Crippen LogP contribution in [0.1, 0.15) is 87.0 Å². The van der Waals surface area contributed by atoms with Crippen LogP contribution in [0.15, 0.2) is 6.33 Å². The largest absolute Gasteiger partial charge is 0.477 e. The van der Waals surface area contributed by atoms with E-state index in [4.69, 9.17) is 0 Å². The van der Waals surface area contributed by atoms with Gasteiger partial charge >= 0.3 is 5.97 Å². The van der Waals surface area contributed by atoms with Crippen molar-refractivity contribution >= 4 is 17.0 Å². The summed E-state index contributed by atoms with van der Waals surface area (Å²) in [6, 6.07) is 0. The summed E-state index contributed by atoms with van der Waals surface area (Å²) in [4.78, 5) is 23.4. The summed E-state index contributed by atoms with van der Waals surface area (Å²) >= 11 is 0. The molecule has 2 heterocycles.